The van der Waals surface area contributed by atoms with Gasteiger partial charge in [0.05, 0.1) is 10.8 Å². The van der Waals surface area contributed by atoms with Gasteiger partial charge in [0, 0.05) is 17.7 Å². The van der Waals surface area contributed by atoms with E-state index in [1.165, 1.54) is 12.1 Å². The van der Waals surface area contributed by atoms with Crippen LogP contribution in [0.15, 0.2) is 114 Å². The van der Waals surface area contributed by atoms with Crippen molar-refractivity contribution in [2.75, 3.05) is 4.72 Å². The minimum Gasteiger partial charge on any atom is -0.481 e. The van der Waals surface area contributed by atoms with Crippen molar-refractivity contribution in [1.29, 1.82) is 0 Å². The first kappa shape index (κ1) is 25.9. The number of carbonyl (C=O) groups excluding carboxylic acids is 1. The van der Waals surface area contributed by atoms with Crippen LogP contribution in [-0.2, 0) is 21.2 Å². The zero-order valence-electron chi connectivity index (χ0n) is 20.1. The molecule has 0 bridgehead atoms. The minimum atomic E-state index is -3.67. The zero-order valence-corrected chi connectivity index (χ0v) is 20.9. The summed E-state index contributed by atoms with van der Waals surface area (Å²) < 4.78 is 27.6. The lowest BCUT2D eigenvalue weighted by Gasteiger charge is -2.12. The molecule has 0 radical (unpaired) electrons. The van der Waals surface area contributed by atoms with Crippen LogP contribution in [-0.4, -0.2) is 25.3 Å². The summed E-state index contributed by atoms with van der Waals surface area (Å²) in [5.74, 6) is -1.93. The molecule has 188 valence electrons. The van der Waals surface area contributed by atoms with Gasteiger partial charge in [-0.1, -0.05) is 84.9 Å². The molecule has 0 saturated carbocycles. The van der Waals surface area contributed by atoms with Crippen LogP contribution >= 0.6 is 0 Å². The van der Waals surface area contributed by atoms with Gasteiger partial charge >= 0.3 is 5.97 Å². The van der Waals surface area contributed by atoms with Crippen molar-refractivity contribution >= 4 is 27.5 Å². The number of hydrogen-bond donors (Lipinski definition) is 2. The van der Waals surface area contributed by atoms with Gasteiger partial charge in [-0.15, -0.1) is 0 Å². The number of Topliss-reactive ketones (excluding diaryl/α,β-unsaturated/α-hetero) is 1. The maximum absolute atomic E-state index is 12.8. The second-order valence-corrected chi connectivity index (χ2v) is 10.4. The molecule has 4 rings (SSSR count). The highest BCUT2D eigenvalue weighted by molar-refractivity contribution is 7.92. The molecule has 0 aliphatic carbocycles. The van der Waals surface area contributed by atoms with Gasteiger partial charge in [0.2, 0.25) is 0 Å². The Morgan fingerprint density at radius 3 is 1.84 bits per heavy atom. The van der Waals surface area contributed by atoms with Gasteiger partial charge in [-0.25, -0.2) is 8.42 Å². The van der Waals surface area contributed by atoms with Crippen LogP contribution in [0.3, 0.4) is 0 Å². The third kappa shape index (κ3) is 6.92. The first-order chi connectivity index (χ1) is 17.8. The van der Waals surface area contributed by atoms with Crippen LogP contribution in [0, 0.1) is 5.92 Å². The van der Waals surface area contributed by atoms with Gasteiger partial charge in [-0.3, -0.25) is 14.3 Å². The largest absolute Gasteiger partial charge is 0.481 e. The summed E-state index contributed by atoms with van der Waals surface area (Å²) in [7, 11) is -3.67. The monoisotopic (exact) mass is 513 g/mol. The predicted octanol–water partition coefficient (Wildman–Crippen LogP) is 6.06. The molecular formula is C30H27NO5S. The van der Waals surface area contributed by atoms with E-state index in [0.717, 1.165) is 16.7 Å². The van der Waals surface area contributed by atoms with Crippen LogP contribution in [0.25, 0.3) is 11.1 Å². The third-order valence-electron chi connectivity index (χ3n) is 6.14. The van der Waals surface area contributed by atoms with Gasteiger partial charge < -0.3 is 5.11 Å². The lowest BCUT2D eigenvalue weighted by atomic mass is 9.92. The molecule has 2 N–H and O–H groups in total. The predicted molar refractivity (Wildman–Crippen MR) is 144 cm³/mol. The average Bonchev–Trinajstić information content (AvgIpc) is 2.92. The second-order valence-electron chi connectivity index (χ2n) is 8.76. The maximum atomic E-state index is 12.8. The van der Waals surface area contributed by atoms with Crippen LogP contribution in [0.4, 0.5) is 5.69 Å². The van der Waals surface area contributed by atoms with Crippen molar-refractivity contribution in [3.05, 3.63) is 120 Å². The van der Waals surface area contributed by atoms with Gasteiger partial charge in [0.15, 0.2) is 5.78 Å². The Morgan fingerprint density at radius 1 is 0.730 bits per heavy atom. The van der Waals surface area contributed by atoms with E-state index >= 15 is 0 Å². The number of aliphatic carboxylic acids is 1. The summed E-state index contributed by atoms with van der Waals surface area (Å²) in [5.41, 5.74) is 3.65. The summed E-state index contributed by atoms with van der Waals surface area (Å²) in [6, 6.07) is 31.7. The molecule has 0 aliphatic rings. The molecule has 6 nitrogen and oxygen atoms in total. The summed E-state index contributed by atoms with van der Waals surface area (Å²) in [4.78, 5) is 24.7. The van der Waals surface area contributed by atoms with Crippen molar-refractivity contribution in [3.63, 3.8) is 0 Å². The van der Waals surface area contributed by atoms with E-state index in [1.54, 1.807) is 66.7 Å². The molecule has 7 heteroatoms. The summed E-state index contributed by atoms with van der Waals surface area (Å²) >= 11 is 0. The van der Waals surface area contributed by atoms with Crippen LogP contribution in [0.1, 0.15) is 28.8 Å². The van der Waals surface area contributed by atoms with Crippen molar-refractivity contribution in [3.8, 4) is 11.1 Å². The van der Waals surface area contributed by atoms with Crippen molar-refractivity contribution < 1.29 is 23.1 Å². The lowest BCUT2D eigenvalue weighted by Crippen LogP contribution is -2.19. The number of anilines is 1. The minimum absolute atomic E-state index is 0.0578. The molecule has 1 unspecified atom stereocenters. The van der Waals surface area contributed by atoms with E-state index in [2.05, 4.69) is 4.72 Å². The van der Waals surface area contributed by atoms with Crippen LogP contribution in [0.2, 0.25) is 0 Å². The fraction of sp³-hybridized carbons (Fsp3) is 0.133. The summed E-state index contributed by atoms with van der Waals surface area (Å²) in [6.45, 7) is 0. The van der Waals surface area contributed by atoms with E-state index in [1.807, 2.05) is 30.3 Å². The number of benzene rings is 4. The van der Waals surface area contributed by atoms with Crippen molar-refractivity contribution in [2.24, 2.45) is 5.92 Å². The van der Waals surface area contributed by atoms with E-state index in [-0.39, 0.29) is 17.1 Å². The Labute approximate surface area is 216 Å². The van der Waals surface area contributed by atoms with Gasteiger partial charge in [-0.05, 0) is 53.8 Å². The quantitative estimate of drug-likeness (QED) is 0.237. The molecule has 0 saturated heterocycles. The lowest BCUT2D eigenvalue weighted by molar-refractivity contribution is -0.141. The Bertz CT molecular complexity index is 1450. The maximum Gasteiger partial charge on any atom is 0.306 e. The molecule has 4 aromatic rings. The number of carboxylic acid groups (broad SMARTS) is 1. The number of ketones is 1. The number of hydrogen-bond acceptors (Lipinski definition) is 4. The van der Waals surface area contributed by atoms with Crippen LogP contribution in [0.5, 0.6) is 0 Å². The van der Waals surface area contributed by atoms with Gasteiger partial charge in [-0.2, -0.15) is 0 Å². The topological polar surface area (TPSA) is 101 Å². The molecule has 0 heterocycles. The number of nitrogens with one attached hydrogen (secondary N) is 1. The highest BCUT2D eigenvalue weighted by Crippen LogP contribution is 2.25. The highest BCUT2D eigenvalue weighted by atomic mass is 32.2. The molecule has 0 fully saturated rings. The first-order valence-corrected chi connectivity index (χ1v) is 13.4. The number of carboxylic acids is 1. The van der Waals surface area contributed by atoms with E-state index < -0.39 is 21.9 Å². The number of aryl methyl sites for hydroxylation is 1. The highest BCUT2D eigenvalue weighted by Gasteiger charge is 2.22. The summed E-state index contributed by atoms with van der Waals surface area (Å²) in [6.07, 6.45) is 0.933. The molecule has 0 amide bonds. The SMILES string of the molecule is O=C(CC(CCc1ccccc1)C(=O)O)c1ccc(-c2ccc(NS(=O)(=O)c3ccccc3)cc2)cc1. The molecular weight excluding hydrogens is 486 g/mol. The molecule has 1 atom stereocenters. The third-order valence-corrected chi connectivity index (χ3v) is 7.53. The van der Waals surface area contributed by atoms with Crippen molar-refractivity contribution in [2.45, 2.75) is 24.2 Å². The molecule has 0 spiro atoms. The Kier molecular flexibility index (Phi) is 8.15. The fourth-order valence-electron chi connectivity index (χ4n) is 4.03. The normalized spacial score (nSPS) is 12.0. The van der Waals surface area contributed by atoms with E-state index in [9.17, 15) is 23.1 Å². The Hall–Kier alpha value is -4.23. The Morgan fingerprint density at radius 2 is 1.27 bits per heavy atom. The average molecular weight is 514 g/mol. The zero-order chi connectivity index (χ0) is 26.3. The van der Waals surface area contributed by atoms with Gasteiger partial charge in [0.1, 0.15) is 0 Å². The number of rotatable bonds is 11. The smallest absolute Gasteiger partial charge is 0.306 e. The van der Waals surface area contributed by atoms with Gasteiger partial charge in [0.25, 0.3) is 10.0 Å². The molecule has 0 aromatic heterocycles. The molecule has 4 aromatic carbocycles. The standard InChI is InChI=1S/C30H27NO5S/c32-29(21-26(30(33)34)12-11-22-7-3-1-4-8-22)25-15-13-23(14-16-25)24-17-19-27(20-18-24)31-37(35,36)28-9-5-2-6-10-28/h1-10,13-20,26,31H,11-12,21H2,(H,33,34). The Balaban J connectivity index is 1.38. The summed E-state index contributed by atoms with van der Waals surface area (Å²) in [5, 5.41) is 9.60. The second kappa shape index (κ2) is 11.7. The molecule has 0 aliphatic heterocycles. The van der Waals surface area contributed by atoms with E-state index in [4.69, 9.17) is 0 Å². The molecule has 37 heavy (non-hydrogen) atoms. The number of sulfonamides is 1. The number of carbonyl (C=O) groups is 2. The van der Waals surface area contributed by atoms with Crippen molar-refractivity contribution in [1.82, 2.24) is 0 Å². The fourth-order valence-corrected chi connectivity index (χ4v) is 5.11. The van der Waals surface area contributed by atoms with Crippen LogP contribution < -0.4 is 4.72 Å². The first-order valence-electron chi connectivity index (χ1n) is 11.9. The van der Waals surface area contributed by atoms with E-state index in [0.29, 0.717) is 24.1 Å².